The van der Waals surface area contributed by atoms with E-state index in [1.165, 1.54) is 0 Å². The number of nitrogens with zero attached hydrogens (tertiary/aromatic N) is 1. The molecular weight excluding hydrogens is 264 g/mol. The number of carbonyl (C=O) groups excluding carboxylic acids is 1. The van der Waals surface area contributed by atoms with Gasteiger partial charge < -0.3 is 15.1 Å². The van der Waals surface area contributed by atoms with Gasteiger partial charge in [0, 0.05) is 30.3 Å². The summed E-state index contributed by atoms with van der Waals surface area (Å²) >= 11 is 0. The van der Waals surface area contributed by atoms with Gasteiger partial charge in [-0.25, -0.2) is 0 Å². The van der Waals surface area contributed by atoms with Crippen LogP contribution in [0.5, 0.6) is 0 Å². The van der Waals surface area contributed by atoms with E-state index in [4.69, 9.17) is 10.2 Å². The summed E-state index contributed by atoms with van der Waals surface area (Å²) in [5.41, 5.74) is 8.72. The fraction of sp³-hybridized carbons (Fsp3) is 0.235. The van der Waals surface area contributed by atoms with Gasteiger partial charge in [-0.2, -0.15) is 0 Å². The van der Waals surface area contributed by atoms with Crippen molar-refractivity contribution in [2.75, 3.05) is 13.6 Å². The van der Waals surface area contributed by atoms with Crippen LogP contribution in [0.25, 0.3) is 0 Å². The van der Waals surface area contributed by atoms with Gasteiger partial charge in [0.25, 0.3) is 5.91 Å². The number of carbonyl (C=O) groups is 1. The molecule has 0 bridgehead atoms. The van der Waals surface area contributed by atoms with E-state index in [1.54, 1.807) is 24.5 Å². The highest BCUT2D eigenvalue weighted by atomic mass is 16.3. The number of hydrogen-bond donors (Lipinski definition) is 1. The van der Waals surface area contributed by atoms with Gasteiger partial charge in [0.05, 0.1) is 19.1 Å². The van der Waals surface area contributed by atoms with Crippen LogP contribution in [0.2, 0.25) is 0 Å². The molecule has 1 heterocycles. The van der Waals surface area contributed by atoms with Crippen molar-refractivity contribution in [3.63, 3.8) is 0 Å². The molecule has 0 saturated heterocycles. The quantitative estimate of drug-likeness (QED) is 0.878. The lowest BCUT2D eigenvalue weighted by atomic mass is 10.0. The molecule has 4 nitrogen and oxygen atoms in total. The van der Waals surface area contributed by atoms with E-state index in [2.05, 4.69) is 11.8 Å². The van der Waals surface area contributed by atoms with Gasteiger partial charge in [-0.05, 0) is 30.7 Å². The van der Waals surface area contributed by atoms with Crippen molar-refractivity contribution in [2.45, 2.75) is 13.5 Å². The fourth-order valence-corrected chi connectivity index (χ4v) is 2.08. The Morgan fingerprint density at radius 1 is 1.38 bits per heavy atom. The van der Waals surface area contributed by atoms with Crippen molar-refractivity contribution in [1.29, 1.82) is 0 Å². The Kier molecular flexibility index (Phi) is 4.81. The fourth-order valence-electron chi connectivity index (χ4n) is 2.08. The van der Waals surface area contributed by atoms with Crippen molar-refractivity contribution in [3.05, 3.63) is 59.0 Å². The van der Waals surface area contributed by atoms with E-state index in [1.807, 2.05) is 31.2 Å². The predicted octanol–water partition coefficient (Wildman–Crippen LogP) is 2.17. The van der Waals surface area contributed by atoms with Gasteiger partial charge in [-0.1, -0.05) is 17.9 Å². The minimum absolute atomic E-state index is 0.0369. The molecular formula is C17H18N2O2. The zero-order valence-corrected chi connectivity index (χ0v) is 12.2. The monoisotopic (exact) mass is 282 g/mol. The maximum atomic E-state index is 12.5. The first-order chi connectivity index (χ1) is 10.1. The van der Waals surface area contributed by atoms with Crippen molar-refractivity contribution in [1.82, 2.24) is 4.90 Å². The summed E-state index contributed by atoms with van der Waals surface area (Å²) in [5.74, 6) is 5.77. The van der Waals surface area contributed by atoms with E-state index >= 15 is 0 Å². The molecule has 0 spiro atoms. The van der Waals surface area contributed by atoms with Crippen molar-refractivity contribution >= 4 is 5.91 Å². The Balaban J connectivity index is 2.22. The summed E-state index contributed by atoms with van der Waals surface area (Å²) < 4.78 is 5.02. The van der Waals surface area contributed by atoms with Crippen molar-refractivity contribution in [3.8, 4) is 11.8 Å². The Hall–Kier alpha value is -2.51. The summed E-state index contributed by atoms with van der Waals surface area (Å²) in [4.78, 5) is 14.2. The molecule has 0 fully saturated rings. The molecule has 21 heavy (non-hydrogen) atoms. The molecule has 2 N–H and O–H groups in total. The molecule has 4 heteroatoms. The largest absolute Gasteiger partial charge is 0.472 e. The molecule has 108 valence electrons. The number of amides is 1. The lowest BCUT2D eigenvalue weighted by Crippen LogP contribution is -2.26. The van der Waals surface area contributed by atoms with E-state index in [-0.39, 0.29) is 5.91 Å². The van der Waals surface area contributed by atoms with Gasteiger partial charge in [0.15, 0.2) is 0 Å². The standard InChI is InChI=1S/C17H18N2O2/c1-13-15(6-4-9-18)5-3-7-16(13)17(20)19(2)11-14-8-10-21-12-14/h3,5,7-8,10,12H,9,11,18H2,1-2H3. The maximum Gasteiger partial charge on any atom is 0.254 e. The molecule has 1 aromatic heterocycles. The average molecular weight is 282 g/mol. The van der Waals surface area contributed by atoms with Crippen LogP contribution in [0.4, 0.5) is 0 Å². The Bertz CT molecular complexity index is 679. The first kappa shape index (κ1) is 14.9. The van der Waals surface area contributed by atoms with Crippen LogP contribution in [0.15, 0.2) is 41.2 Å². The summed E-state index contributed by atoms with van der Waals surface area (Å²) in [5, 5.41) is 0. The Labute approximate surface area is 124 Å². The minimum Gasteiger partial charge on any atom is -0.472 e. The molecule has 2 aromatic rings. The minimum atomic E-state index is -0.0369. The van der Waals surface area contributed by atoms with Gasteiger partial charge in [-0.15, -0.1) is 0 Å². The third-order valence-electron chi connectivity index (χ3n) is 3.24. The van der Waals surface area contributed by atoms with E-state index in [0.717, 1.165) is 16.7 Å². The summed E-state index contributed by atoms with van der Waals surface area (Å²) in [7, 11) is 1.77. The molecule has 0 atom stereocenters. The zero-order valence-electron chi connectivity index (χ0n) is 12.2. The summed E-state index contributed by atoms with van der Waals surface area (Å²) in [6.07, 6.45) is 3.24. The van der Waals surface area contributed by atoms with Crippen LogP contribution in [0.1, 0.15) is 27.0 Å². The molecule has 1 amide bonds. The smallest absolute Gasteiger partial charge is 0.254 e. The highest BCUT2D eigenvalue weighted by Gasteiger charge is 2.15. The van der Waals surface area contributed by atoms with Crippen LogP contribution >= 0.6 is 0 Å². The van der Waals surface area contributed by atoms with Crippen LogP contribution in [-0.4, -0.2) is 24.4 Å². The zero-order chi connectivity index (χ0) is 15.2. The van der Waals surface area contributed by atoms with Crippen LogP contribution in [0, 0.1) is 18.8 Å². The first-order valence-corrected chi connectivity index (χ1v) is 6.68. The molecule has 0 saturated carbocycles. The van der Waals surface area contributed by atoms with Crippen LogP contribution in [0.3, 0.4) is 0 Å². The SMILES string of the molecule is Cc1c(C#CCN)cccc1C(=O)N(C)Cc1ccoc1. The van der Waals surface area contributed by atoms with Crippen molar-refractivity contribution in [2.24, 2.45) is 5.73 Å². The normalized spacial score (nSPS) is 9.86. The van der Waals surface area contributed by atoms with Gasteiger partial charge in [0.1, 0.15) is 0 Å². The number of rotatable bonds is 3. The molecule has 0 aliphatic carbocycles. The lowest BCUT2D eigenvalue weighted by molar-refractivity contribution is 0.0784. The van der Waals surface area contributed by atoms with E-state index < -0.39 is 0 Å². The number of benzene rings is 1. The van der Waals surface area contributed by atoms with Crippen LogP contribution < -0.4 is 5.73 Å². The Morgan fingerprint density at radius 2 is 2.19 bits per heavy atom. The van der Waals surface area contributed by atoms with Gasteiger partial charge >= 0.3 is 0 Å². The highest BCUT2D eigenvalue weighted by molar-refractivity contribution is 5.96. The molecule has 2 rings (SSSR count). The number of hydrogen-bond acceptors (Lipinski definition) is 3. The Morgan fingerprint density at radius 3 is 2.86 bits per heavy atom. The van der Waals surface area contributed by atoms with Gasteiger partial charge in [-0.3, -0.25) is 4.79 Å². The third-order valence-corrected chi connectivity index (χ3v) is 3.24. The molecule has 0 aliphatic heterocycles. The number of nitrogens with two attached hydrogens (primary N) is 1. The van der Waals surface area contributed by atoms with Crippen LogP contribution in [-0.2, 0) is 6.54 Å². The molecule has 0 aliphatic rings. The van der Waals surface area contributed by atoms with E-state index in [0.29, 0.717) is 18.7 Å². The second-order valence-electron chi connectivity index (χ2n) is 4.78. The van der Waals surface area contributed by atoms with Gasteiger partial charge in [0.2, 0.25) is 0 Å². The summed E-state index contributed by atoms with van der Waals surface area (Å²) in [6.45, 7) is 2.71. The highest BCUT2D eigenvalue weighted by Crippen LogP contribution is 2.16. The first-order valence-electron chi connectivity index (χ1n) is 6.68. The molecule has 0 radical (unpaired) electrons. The lowest BCUT2D eigenvalue weighted by Gasteiger charge is -2.18. The molecule has 1 aromatic carbocycles. The van der Waals surface area contributed by atoms with E-state index in [9.17, 15) is 4.79 Å². The topological polar surface area (TPSA) is 59.5 Å². The second kappa shape index (κ2) is 6.78. The summed E-state index contributed by atoms with van der Waals surface area (Å²) in [6, 6.07) is 7.40. The molecule has 0 unspecified atom stereocenters. The average Bonchev–Trinajstić information content (AvgIpc) is 2.98. The maximum absolute atomic E-state index is 12.5. The predicted molar refractivity (Wildman–Crippen MR) is 81.6 cm³/mol. The third kappa shape index (κ3) is 3.53. The van der Waals surface area contributed by atoms with Crippen molar-refractivity contribution < 1.29 is 9.21 Å². The second-order valence-corrected chi connectivity index (χ2v) is 4.78. The number of furan rings is 1.